The Hall–Kier alpha value is -2.51. The van der Waals surface area contributed by atoms with Crippen molar-refractivity contribution in [1.82, 2.24) is 9.21 Å². The number of fused-ring (bicyclic) bond motifs is 1. The minimum Gasteiger partial charge on any atom is -0.395 e. The maximum absolute atomic E-state index is 13.5. The maximum atomic E-state index is 13.5. The highest BCUT2D eigenvalue weighted by molar-refractivity contribution is 7.89. The zero-order valence-electron chi connectivity index (χ0n) is 19.5. The van der Waals surface area contributed by atoms with Crippen molar-refractivity contribution in [3.63, 3.8) is 0 Å². The molecule has 2 heterocycles. The van der Waals surface area contributed by atoms with Gasteiger partial charge in [0.1, 0.15) is 0 Å². The first-order valence-corrected chi connectivity index (χ1v) is 13.5. The number of nitrogens with zero attached hydrogens (tertiary/aromatic N) is 2. The molecule has 0 saturated carbocycles. The third kappa shape index (κ3) is 4.31. The van der Waals surface area contributed by atoms with Crippen LogP contribution in [0.1, 0.15) is 29.9 Å². The van der Waals surface area contributed by atoms with E-state index < -0.39 is 10.0 Å². The summed E-state index contributed by atoms with van der Waals surface area (Å²) >= 11 is 0. The number of aliphatic hydroxyl groups is 1. The van der Waals surface area contributed by atoms with E-state index in [9.17, 15) is 13.5 Å². The van der Waals surface area contributed by atoms with Gasteiger partial charge < -0.3 is 5.11 Å². The summed E-state index contributed by atoms with van der Waals surface area (Å²) in [6, 6.07) is 26.1. The van der Waals surface area contributed by atoms with Crippen molar-refractivity contribution in [1.29, 1.82) is 0 Å². The highest BCUT2D eigenvalue weighted by atomic mass is 32.2. The first-order chi connectivity index (χ1) is 16.5. The monoisotopic (exact) mass is 476 g/mol. The molecule has 0 radical (unpaired) electrons. The van der Waals surface area contributed by atoms with E-state index in [2.05, 4.69) is 41.3 Å². The molecule has 6 heteroatoms. The predicted molar refractivity (Wildman–Crippen MR) is 135 cm³/mol. The number of sulfonamides is 1. The summed E-state index contributed by atoms with van der Waals surface area (Å²) < 4.78 is 28.7. The summed E-state index contributed by atoms with van der Waals surface area (Å²) in [6.07, 6.45) is 1.75. The minimum atomic E-state index is -3.57. The lowest BCUT2D eigenvalue weighted by Gasteiger charge is -2.57. The number of benzene rings is 3. The van der Waals surface area contributed by atoms with Crippen molar-refractivity contribution >= 4 is 10.0 Å². The molecular weight excluding hydrogens is 444 g/mol. The lowest BCUT2D eigenvalue weighted by molar-refractivity contribution is -0.0553. The van der Waals surface area contributed by atoms with Gasteiger partial charge in [0, 0.05) is 31.1 Å². The summed E-state index contributed by atoms with van der Waals surface area (Å²) in [5.41, 5.74) is 4.43. The van der Waals surface area contributed by atoms with E-state index in [4.69, 9.17) is 0 Å². The standard InChI is InChI=1S/C28H32N2O3S/c1-21-8-7-11-25(18-21)34(32,33)29-16-5-6-17-30-26(19-29)28(27(30)20-31)24-14-12-23(13-15-24)22-9-3-2-4-10-22/h2-4,7-15,18,26-28,31H,5-6,16-17,19-20H2,1H3/t26-,27-,28-/m1/s1. The van der Waals surface area contributed by atoms with Crippen LogP contribution in [0.15, 0.2) is 83.8 Å². The average molecular weight is 477 g/mol. The summed E-state index contributed by atoms with van der Waals surface area (Å²) in [4.78, 5) is 2.68. The Kier molecular flexibility index (Phi) is 6.58. The van der Waals surface area contributed by atoms with Gasteiger partial charge in [-0.3, -0.25) is 4.90 Å². The lowest BCUT2D eigenvalue weighted by atomic mass is 9.74. The van der Waals surface area contributed by atoms with Crippen LogP contribution in [0.2, 0.25) is 0 Å². The van der Waals surface area contributed by atoms with Crippen LogP contribution in [0.5, 0.6) is 0 Å². The molecular formula is C28H32N2O3S. The van der Waals surface area contributed by atoms with Crippen LogP contribution in [0.25, 0.3) is 11.1 Å². The third-order valence-corrected chi connectivity index (χ3v) is 9.22. The molecule has 5 nitrogen and oxygen atoms in total. The van der Waals surface area contributed by atoms with Crippen LogP contribution in [-0.2, 0) is 10.0 Å². The molecule has 2 aliphatic heterocycles. The van der Waals surface area contributed by atoms with Crippen LogP contribution in [0.4, 0.5) is 0 Å². The Labute approximate surface area is 202 Å². The van der Waals surface area contributed by atoms with Gasteiger partial charge in [-0.2, -0.15) is 4.31 Å². The molecule has 3 aromatic carbocycles. The second-order valence-electron chi connectivity index (χ2n) is 9.46. The molecule has 2 aliphatic rings. The zero-order chi connectivity index (χ0) is 23.7. The van der Waals surface area contributed by atoms with E-state index in [0.717, 1.165) is 36.1 Å². The van der Waals surface area contributed by atoms with Gasteiger partial charge in [-0.1, -0.05) is 66.7 Å². The predicted octanol–water partition coefficient (Wildman–Crippen LogP) is 4.28. The van der Waals surface area contributed by atoms with E-state index in [-0.39, 0.29) is 24.6 Å². The Morgan fingerprint density at radius 2 is 1.59 bits per heavy atom. The number of rotatable bonds is 5. The van der Waals surface area contributed by atoms with Crippen molar-refractivity contribution < 1.29 is 13.5 Å². The summed E-state index contributed by atoms with van der Waals surface area (Å²) in [6.45, 7) is 3.86. The molecule has 0 bridgehead atoms. The van der Waals surface area contributed by atoms with E-state index in [1.165, 1.54) is 5.56 Å². The average Bonchev–Trinajstić information content (AvgIpc) is 2.84. The summed E-state index contributed by atoms with van der Waals surface area (Å²) in [7, 11) is -3.57. The third-order valence-electron chi connectivity index (χ3n) is 7.36. The topological polar surface area (TPSA) is 60.9 Å². The molecule has 0 amide bonds. The van der Waals surface area contributed by atoms with Crippen molar-refractivity contribution in [2.45, 2.75) is 42.7 Å². The van der Waals surface area contributed by atoms with Crippen molar-refractivity contribution in [3.8, 4) is 11.1 Å². The molecule has 0 aliphatic carbocycles. The van der Waals surface area contributed by atoms with E-state index >= 15 is 0 Å². The summed E-state index contributed by atoms with van der Waals surface area (Å²) in [5, 5.41) is 10.2. The fraction of sp³-hybridized carbons (Fsp3) is 0.357. The Balaban J connectivity index is 1.43. The van der Waals surface area contributed by atoms with Gasteiger partial charge in [0.05, 0.1) is 11.5 Å². The Morgan fingerprint density at radius 1 is 0.882 bits per heavy atom. The summed E-state index contributed by atoms with van der Waals surface area (Å²) in [5.74, 6) is 0.100. The molecule has 0 unspecified atom stereocenters. The fourth-order valence-electron chi connectivity index (χ4n) is 5.58. The lowest BCUT2D eigenvalue weighted by Crippen LogP contribution is -2.67. The van der Waals surface area contributed by atoms with Gasteiger partial charge in [-0.25, -0.2) is 8.42 Å². The minimum absolute atomic E-state index is 0.0224. The van der Waals surface area contributed by atoms with Crippen molar-refractivity contribution in [2.75, 3.05) is 26.2 Å². The van der Waals surface area contributed by atoms with Gasteiger partial charge in [0.25, 0.3) is 0 Å². The van der Waals surface area contributed by atoms with Gasteiger partial charge in [0.15, 0.2) is 0 Å². The quantitative estimate of drug-likeness (QED) is 0.597. The molecule has 3 atom stereocenters. The molecule has 2 fully saturated rings. The number of aliphatic hydroxyl groups excluding tert-OH is 1. The van der Waals surface area contributed by atoms with Gasteiger partial charge in [-0.05, 0) is 60.7 Å². The van der Waals surface area contributed by atoms with Crippen LogP contribution < -0.4 is 0 Å². The molecule has 2 saturated heterocycles. The van der Waals surface area contributed by atoms with Crippen molar-refractivity contribution in [3.05, 3.63) is 90.0 Å². The SMILES string of the molecule is Cc1cccc(S(=O)(=O)N2CCCCN3[C@H](CO)[C@H](c4ccc(-c5ccccc5)cc4)[C@H]3C2)c1. The van der Waals surface area contributed by atoms with E-state index in [0.29, 0.717) is 18.0 Å². The Bertz CT molecular complexity index is 1230. The smallest absolute Gasteiger partial charge is 0.243 e. The largest absolute Gasteiger partial charge is 0.395 e. The van der Waals surface area contributed by atoms with Crippen LogP contribution in [-0.4, -0.2) is 61.1 Å². The van der Waals surface area contributed by atoms with Gasteiger partial charge in [-0.15, -0.1) is 0 Å². The Morgan fingerprint density at radius 3 is 2.29 bits per heavy atom. The normalized spacial score (nSPS) is 24.0. The highest BCUT2D eigenvalue weighted by Crippen LogP contribution is 2.43. The second kappa shape index (κ2) is 9.62. The second-order valence-corrected chi connectivity index (χ2v) is 11.4. The highest BCUT2D eigenvalue weighted by Gasteiger charge is 2.50. The van der Waals surface area contributed by atoms with Crippen LogP contribution >= 0.6 is 0 Å². The first-order valence-electron chi connectivity index (χ1n) is 12.1. The van der Waals surface area contributed by atoms with Gasteiger partial charge >= 0.3 is 0 Å². The molecule has 5 rings (SSSR count). The number of aryl methyl sites for hydroxylation is 1. The molecule has 3 aromatic rings. The van der Waals surface area contributed by atoms with E-state index in [1.54, 1.807) is 22.5 Å². The van der Waals surface area contributed by atoms with Crippen LogP contribution in [0.3, 0.4) is 0 Å². The fourth-order valence-corrected chi connectivity index (χ4v) is 7.18. The van der Waals surface area contributed by atoms with E-state index in [1.807, 2.05) is 31.2 Å². The van der Waals surface area contributed by atoms with Crippen molar-refractivity contribution in [2.24, 2.45) is 0 Å². The molecule has 0 spiro atoms. The number of hydrogen-bond donors (Lipinski definition) is 1. The zero-order valence-corrected chi connectivity index (χ0v) is 20.4. The number of hydrogen-bond acceptors (Lipinski definition) is 4. The first kappa shape index (κ1) is 23.2. The maximum Gasteiger partial charge on any atom is 0.243 e. The molecule has 1 N–H and O–H groups in total. The molecule has 0 aromatic heterocycles. The molecule has 178 valence electrons. The molecule has 34 heavy (non-hydrogen) atoms. The van der Waals surface area contributed by atoms with Crippen LogP contribution in [0, 0.1) is 6.92 Å². The van der Waals surface area contributed by atoms with Gasteiger partial charge in [0.2, 0.25) is 10.0 Å².